The molecule has 0 saturated carbocycles. The molecule has 2 rings (SSSR count). The molecule has 1 aromatic rings. The second kappa shape index (κ2) is 7.56. The molecule has 0 unspecified atom stereocenters. The first kappa shape index (κ1) is 16.7. The molecule has 2 heterocycles. The summed E-state index contributed by atoms with van der Waals surface area (Å²) in [6.07, 6.45) is 1.98. The van der Waals surface area contributed by atoms with Crippen molar-refractivity contribution in [1.82, 2.24) is 14.8 Å². The summed E-state index contributed by atoms with van der Waals surface area (Å²) in [5.74, 6) is 0.741. The highest BCUT2D eigenvalue weighted by Crippen LogP contribution is 2.12. The molecule has 1 fully saturated rings. The van der Waals surface area contributed by atoms with Gasteiger partial charge in [0, 0.05) is 31.9 Å². The molecule has 1 aliphatic heterocycles. The molecule has 122 valence electrons. The van der Waals surface area contributed by atoms with Crippen molar-refractivity contribution in [2.75, 3.05) is 33.8 Å². The predicted molar refractivity (Wildman–Crippen MR) is 83.7 cm³/mol. The molecule has 0 spiro atoms. The lowest BCUT2D eigenvalue weighted by molar-refractivity contribution is -0.144. The molecule has 0 radical (unpaired) electrons. The van der Waals surface area contributed by atoms with Crippen LogP contribution in [0.2, 0.25) is 0 Å². The van der Waals surface area contributed by atoms with Gasteiger partial charge >= 0.3 is 0 Å². The van der Waals surface area contributed by atoms with Crippen LogP contribution >= 0.6 is 0 Å². The molecular formula is C16H25N3O3. The normalized spacial score (nSPS) is 22.0. The number of carbonyl (C=O) groups is 1. The summed E-state index contributed by atoms with van der Waals surface area (Å²) in [7, 11) is 3.53. The molecule has 1 amide bonds. The van der Waals surface area contributed by atoms with Gasteiger partial charge in [-0.1, -0.05) is 6.07 Å². The maximum atomic E-state index is 12.4. The van der Waals surface area contributed by atoms with E-state index in [1.54, 1.807) is 13.3 Å². The van der Waals surface area contributed by atoms with E-state index in [1.165, 1.54) is 0 Å². The summed E-state index contributed by atoms with van der Waals surface area (Å²) < 4.78 is 10.7. The third-order valence-corrected chi connectivity index (χ3v) is 3.64. The van der Waals surface area contributed by atoms with Gasteiger partial charge in [0.15, 0.2) is 0 Å². The first-order valence-electron chi connectivity index (χ1n) is 7.58. The Morgan fingerprint density at radius 2 is 2.09 bits per heavy atom. The minimum atomic E-state index is 0.101. The average molecular weight is 307 g/mol. The van der Waals surface area contributed by atoms with Crippen molar-refractivity contribution in [3.05, 3.63) is 23.9 Å². The molecule has 2 atom stereocenters. The van der Waals surface area contributed by atoms with E-state index in [0.29, 0.717) is 32.1 Å². The number of hydrogen-bond acceptors (Lipinski definition) is 5. The van der Waals surface area contributed by atoms with Crippen molar-refractivity contribution in [2.45, 2.75) is 32.6 Å². The van der Waals surface area contributed by atoms with E-state index in [-0.39, 0.29) is 18.1 Å². The third kappa shape index (κ3) is 4.68. The average Bonchev–Trinajstić information content (AvgIpc) is 2.47. The van der Waals surface area contributed by atoms with E-state index >= 15 is 0 Å². The number of ether oxygens (including phenoxy) is 2. The number of amides is 1. The van der Waals surface area contributed by atoms with Crippen LogP contribution in [0, 0.1) is 0 Å². The van der Waals surface area contributed by atoms with Crippen LogP contribution in [-0.2, 0) is 16.1 Å². The van der Waals surface area contributed by atoms with Gasteiger partial charge in [-0.25, -0.2) is 4.98 Å². The Bertz CT molecular complexity index is 482. The predicted octanol–water partition coefficient (Wildman–Crippen LogP) is 1.16. The zero-order chi connectivity index (χ0) is 16.1. The van der Waals surface area contributed by atoms with E-state index in [1.807, 2.05) is 42.8 Å². The minimum Gasteiger partial charge on any atom is -0.481 e. The number of nitrogens with zero attached hydrogens (tertiary/aromatic N) is 3. The van der Waals surface area contributed by atoms with Crippen LogP contribution < -0.4 is 4.74 Å². The summed E-state index contributed by atoms with van der Waals surface area (Å²) >= 11 is 0. The van der Waals surface area contributed by atoms with Gasteiger partial charge < -0.3 is 14.4 Å². The van der Waals surface area contributed by atoms with Crippen molar-refractivity contribution in [3.63, 3.8) is 0 Å². The van der Waals surface area contributed by atoms with Crippen LogP contribution in [0.25, 0.3) is 0 Å². The summed E-state index contributed by atoms with van der Waals surface area (Å²) in [6, 6.07) is 3.79. The Hall–Kier alpha value is -1.66. The number of rotatable bonds is 5. The molecule has 6 nitrogen and oxygen atoms in total. The van der Waals surface area contributed by atoms with Crippen molar-refractivity contribution in [2.24, 2.45) is 0 Å². The van der Waals surface area contributed by atoms with Gasteiger partial charge in [-0.3, -0.25) is 9.69 Å². The highest BCUT2D eigenvalue weighted by molar-refractivity contribution is 5.78. The van der Waals surface area contributed by atoms with Crippen LogP contribution in [0.3, 0.4) is 0 Å². The lowest BCUT2D eigenvalue weighted by atomic mass is 10.2. The van der Waals surface area contributed by atoms with Crippen LogP contribution in [0.15, 0.2) is 18.3 Å². The highest BCUT2D eigenvalue weighted by atomic mass is 16.5. The SMILES string of the molecule is COc1ccc(CN(C)CC(=O)N2C[C@H](C)O[C@@H](C)C2)cn1. The second-order valence-corrected chi connectivity index (χ2v) is 5.94. The third-order valence-electron chi connectivity index (χ3n) is 3.64. The Labute approximate surface area is 132 Å². The Morgan fingerprint density at radius 1 is 1.41 bits per heavy atom. The maximum Gasteiger partial charge on any atom is 0.236 e. The molecule has 1 aliphatic rings. The fourth-order valence-electron chi connectivity index (χ4n) is 2.71. The largest absolute Gasteiger partial charge is 0.481 e. The molecule has 0 N–H and O–H groups in total. The summed E-state index contributed by atoms with van der Waals surface area (Å²) in [6.45, 7) is 6.41. The van der Waals surface area contributed by atoms with Crippen molar-refractivity contribution >= 4 is 5.91 Å². The van der Waals surface area contributed by atoms with E-state index in [0.717, 1.165) is 5.56 Å². The molecule has 6 heteroatoms. The van der Waals surface area contributed by atoms with Crippen molar-refractivity contribution in [3.8, 4) is 5.88 Å². The van der Waals surface area contributed by atoms with Gasteiger partial charge in [-0.15, -0.1) is 0 Å². The summed E-state index contributed by atoms with van der Waals surface area (Å²) in [4.78, 5) is 20.4. The van der Waals surface area contributed by atoms with Gasteiger partial charge in [-0.2, -0.15) is 0 Å². The zero-order valence-corrected chi connectivity index (χ0v) is 13.8. The monoisotopic (exact) mass is 307 g/mol. The van der Waals surface area contributed by atoms with Gasteiger partial charge in [0.25, 0.3) is 0 Å². The molecule has 0 aliphatic carbocycles. The standard InChI is InChI=1S/C16H25N3O3/c1-12-8-19(9-13(2)22-12)16(20)11-18(3)10-14-5-6-15(21-4)17-7-14/h5-7,12-13H,8-11H2,1-4H3/t12-,13-/m0/s1. The topological polar surface area (TPSA) is 54.9 Å². The van der Waals surface area contributed by atoms with Gasteiger partial charge in [0.1, 0.15) is 0 Å². The summed E-state index contributed by atoms with van der Waals surface area (Å²) in [5.41, 5.74) is 1.06. The number of morpholine rings is 1. The Morgan fingerprint density at radius 3 is 2.64 bits per heavy atom. The molecule has 1 aromatic heterocycles. The Kier molecular flexibility index (Phi) is 5.74. The van der Waals surface area contributed by atoms with Gasteiger partial charge in [0.05, 0.1) is 25.9 Å². The fourth-order valence-corrected chi connectivity index (χ4v) is 2.71. The number of likely N-dealkylation sites (N-methyl/N-ethyl adjacent to an activating group) is 1. The number of aromatic nitrogens is 1. The minimum absolute atomic E-state index is 0.101. The molecule has 0 aromatic carbocycles. The highest BCUT2D eigenvalue weighted by Gasteiger charge is 2.26. The van der Waals surface area contributed by atoms with Gasteiger partial charge in [-0.05, 0) is 26.5 Å². The Balaban J connectivity index is 1.85. The quantitative estimate of drug-likeness (QED) is 0.817. The van der Waals surface area contributed by atoms with Crippen LogP contribution in [0.4, 0.5) is 0 Å². The van der Waals surface area contributed by atoms with Gasteiger partial charge in [0.2, 0.25) is 11.8 Å². The number of pyridine rings is 1. The van der Waals surface area contributed by atoms with E-state index < -0.39 is 0 Å². The lowest BCUT2D eigenvalue weighted by Crippen LogP contribution is -2.50. The molecule has 0 bridgehead atoms. The van der Waals surface area contributed by atoms with E-state index in [2.05, 4.69) is 4.98 Å². The number of carbonyl (C=O) groups excluding carboxylic acids is 1. The number of methoxy groups -OCH3 is 1. The summed E-state index contributed by atoms with van der Waals surface area (Å²) in [5, 5.41) is 0. The van der Waals surface area contributed by atoms with Crippen LogP contribution in [-0.4, -0.2) is 66.7 Å². The maximum absolute atomic E-state index is 12.4. The smallest absolute Gasteiger partial charge is 0.236 e. The fraction of sp³-hybridized carbons (Fsp3) is 0.625. The number of hydrogen-bond donors (Lipinski definition) is 0. The zero-order valence-electron chi connectivity index (χ0n) is 13.8. The molecular weight excluding hydrogens is 282 g/mol. The lowest BCUT2D eigenvalue weighted by Gasteiger charge is -2.36. The first-order chi connectivity index (χ1) is 10.5. The van der Waals surface area contributed by atoms with E-state index in [9.17, 15) is 4.79 Å². The first-order valence-corrected chi connectivity index (χ1v) is 7.58. The van der Waals surface area contributed by atoms with E-state index in [4.69, 9.17) is 9.47 Å². The second-order valence-electron chi connectivity index (χ2n) is 5.94. The van der Waals surface area contributed by atoms with Crippen molar-refractivity contribution < 1.29 is 14.3 Å². The van der Waals surface area contributed by atoms with Crippen molar-refractivity contribution in [1.29, 1.82) is 0 Å². The molecule has 22 heavy (non-hydrogen) atoms. The molecule has 1 saturated heterocycles. The van der Waals surface area contributed by atoms with Crippen LogP contribution in [0.1, 0.15) is 19.4 Å². The van der Waals surface area contributed by atoms with Crippen LogP contribution in [0.5, 0.6) is 5.88 Å².